The number of nitrogens with zero attached hydrogens (tertiary/aromatic N) is 1. The van der Waals surface area contributed by atoms with Gasteiger partial charge in [-0.25, -0.2) is 17.4 Å². The summed E-state index contributed by atoms with van der Waals surface area (Å²) in [7, 11) is 0. The second-order valence-corrected chi connectivity index (χ2v) is 7.26. The smallest absolute Gasteiger partial charge is 0.445 e. The predicted molar refractivity (Wildman–Crippen MR) is 102 cm³/mol. The van der Waals surface area contributed by atoms with Gasteiger partial charge in [0.25, 0.3) is 0 Å². The van der Waals surface area contributed by atoms with E-state index in [2.05, 4.69) is 5.32 Å². The van der Waals surface area contributed by atoms with Gasteiger partial charge in [-0.05, 0) is 34.6 Å². The van der Waals surface area contributed by atoms with E-state index in [1.54, 1.807) is 18.7 Å². The molecule has 7 heteroatoms. The quantitative estimate of drug-likeness (QED) is 0.566. The van der Waals surface area contributed by atoms with Crippen molar-refractivity contribution >= 4 is 23.8 Å². The Hall–Kier alpha value is -1.65. The first-order chi connectivity index (χ1) is 11.9. The number of carbonyl (C=O) groups excluding carboxylic acids is 2. The maximum atomic E-state index is 11.7. The fraction of sp³-hybridized carbons (Fsp3) is 0.450. The van der Waals surface area contributed by atoms with Crippen LogP contribution >= 0.6 is 0 Å². The van der Waals surface area contributed by atoms with Gasteiger partial charge in [-0.1, -0.05) is 18.7 Å². The van der Waals surface area contributed by atoms with Crippen LogP contribution in [0.25, 0.3) is 6.08 Å². The number of rotatable bonds is 2. The third-order valence-electron chi connectivity index (χ3n) is 3.29. The zero-order valence-electron chi connectivity index (χ0n) is 16.7. The molecule has 0 bridgehead atoms. The monoisotopic (exact) mass is 544 g/mol. The fourth-order valence-electron chi connectivity index (χ4n) is 2.09. The number of amides is 2. The maximum absolute atomic E-state index is 11.7. The number of hydrogen-bond donors (Lipinski definition) is 1. The Labute approximate surface area is 176 Å². The summed E-state index contributed by atoms with van der Waals surface area (Å²) in [5.74, 6) is -0.0699. The summed E-state index contributed by atoms with van der Waals surface area (Å²) in [5.41, 5.74) is 0.656. The largest absolute Gasteiger partial charge is 2.00 e. The number of hydrogen-bond acceptors (Lipinski definition) is 4. The Kier molecular flexibility index (Phi) is 9.97. The molecule has 0 aromatic heterocycles. The van der Waals surface area contributed by atoms with E-state index in [1.165, 1.54) is 17.9 Å². The minimum Gasteiger partial charge on any atom is -0.445 e. The summed E-state index contributed by atoms with van der Waals surface area (Å²) >= 11 is 0. The molecule has 1 N–H and O–H groups in total. The van der Waals surface area contributed by atoms with E-state index in [0.29, 0.717) is 6.61 Å². The summed E-state index contributed by atoms with van der Waals surface area (Å²) in [6.07, 6.45) is 1.15. The molecule has 0 saturated carbocycles. The molecule has 0 aliphatic carbocycles. The summed E-state index contributed by atoms with van der Waals surface area (Å²) in [4.78, 5) is 23.8. The first-order valence-corrected chi connectivity index (χ1v) is 8.37. The molecule has 1 saturated heterocycles. The standard InChI is InChI=1S/C10H18NO3.C10H10NO.W/c1-9(2,3)14-8(12)11-6-7-13-10(11,4)5;1-3-9-4-6-10(7-5-9)11-8(2)12;/h6H,7H2,1-5H3;1,3-7H,2H3,(H,11,12);/q2*-1;+2. The number of ether oxygens (including phenoxy) is 2. The SMILES string of the molecule is CC(C)(C)OC(=O)N1[CH-]COC1(C)C.[CH-]=Cc1ccc(NC(C)=O)cc1.[W+2]. The molecule has 1 heterocycles. The summed E-state index contributed by atoms with van der Waals surface area (Å²) in [6.45, 7) is 18.1. The van der Waals surface area contributed by atoms with Crippen LogP contribution in [0.5, 0.6) is 0 Å². The van der Waals surface area contributed by atoms with Gasteiger partial charge in [0.1, 0.15) is 11.3 Å². The molecule has 2 rings (SSSR count). The van der Waals surface area contributed by atoms with Gasteiger partial charge in [0.15, 0.2) is 0 Å². The molecular weight excluding hydrogens is 516 g/mol. The molecule has 1 fully saturated rings. The van der Waals surface area contributed by atoms with E-state index >= 15 is 0 Å². The average Bonchev–Trinajstić information content (AvgIpc) is 2.86. The third kappa shape index (κ3) is 9.20. The van der Waals surface area contributed by atoms with E-state index in [-0.39, 0.29) is 33.1 Å². The van der Waals surface area contributed by atoms with Crippen molar-refractivity contribution in [1.29, 1.82) is 0 Å². The molecule has 0 radical (unpaired) electrons. The van der Waals surface area contributed by atoms with Crippen LogP contribution < -0.4 is 5.32 Å². The maximum Gasteiger partial charge on any atom is 2.00 e. The Morgan fingerprint density at radius 1 is 1.30 bits per heavy atom. The van der Waals surface area contributed by atoms with Gasteiger partial charge in [0.2, 0.25) is 5.91 Å². The van der Waals surface area contributed by atoms with E-state index in [1.807, 2.05) is 46.8 Å². The van der Waals surface area contributed by atoms with Gasteiger partial charge in [-0.15, -0.1) is 12.1 Å². The van der Waals surface area contributed by atoms with Crippen molar-refractivity contribution in [2.75, 3.05) is 11.9 Å². The topological polar surface area (TPSA) is 67.9 Å². The van der Waals surface area contributed by atoms with Gasteiger partial charge in [0, 0.05) is 12.6 Å². The van der Waals surface area contributed by atoms with Crippen LogP contribution in [0.15, 0.2) is 24.3 Å². The minimum absolute atomic E-state index is 0. The van der Waals surface area contributed by atoms with Gasteiger partial charge in [-0.2, -0.15) is 5.56 Å². The molecule has 1 aromatic carbocycles. The molecule has 0 spiro atoms. The normalized spacial score (nSPS) is 15.0. The average molecular weight is 544 g/mol. The van der Waals surface area contributed by atoms with Gasteiger partial charge >= 0.3 is 27.2 Å². The van der Waals surface area contributed by atoms with Crippen molar-refractivity contribution in [3.63, 3.8) is 0 Å². The predicted octanol–water partition coefficient (Wildman–Crippen LogP) is 4.24. The van der Waals surface area contributed by atoms with Crippen molar-refractivity contribution in [3.8, 4) is 0 Å². The van der Waals surface area contributed by atoms with Crippen LogP contribution in [0.4, 0.5) is 10.5 Å². The molecule has 1 aliphatic heterocycles. The van der Waals surface area contributed by atoms with Crippen LogP contribution in [-0.4, -0.2) is 34.8 Å². The van der Waals surface area contributed by atoms with Crippen LogP contribution in [0.1, 0.15) is 47.1 Å². The summed E-state index contributed by atoms with van der Waals surface area (Å²) in [6, 6.07) is 7.29. The van der Waals surface area contributed by atoms with Crippen molar-refractivity contribution in [3.05, 3.63) is 43.0 Å². The van der Waals surface area contributed by atoms with E-state index in [0.717, 1.165) is 11.3 Å². The molecule has 6 nitrogen and oxygen atoms in total. The van der Waals surface area contributed by atoms with Crippen LogP contribution in [0.2, 0.25) is 0 Å². The zero-order valence-corrected chi connectivity index (χ0v) is 19.7. The molecular formula is C20H28N2O4W. The van der Waals surface area contributed by atoms with Crippen LogP contribution in [-0.2, 0) is 35.3 Å². The number of benzene rings is 1. The minimum atomic E-state index is -0.595. The van der Waals surface area contributed by atoms with Crippen molar-refractivity contribution < 1.29 is 40.1 Å². The van der Waals surface area contributed by atoms with Gasteiger partial charge in [0.05, 0.1) is 0 Å². The number of anilines is 1. The van der Waals surface area contributed by atoms with Crippen molar-refractivity contribution in [1.82, 2.24) is 4.90 Å². The number of nitrogens with one attached hydrogen (secondary N) is 1. The van der Waals surface area contributed by atoms with Crippen LogP contribution in [0.3, 0.4) is 0 Å². The second kappa shape index (κ2) is 10.6. The molecule has 1 aliphatic rings. The zero-order chi connectivity index (χ0) is 20.0. The second-order valence-electron chi connectivity index (χ2n) is 7.26. The molecule has 2 amide bonds. The molecule has 27 heavy (non-hydrogen) atoms. The van der Waals surface area contributed by atoms with E-state index in [9.17, 15) is 9.59 Å². The molecule has 0 atom stereocenters. The van der Waals surface area contributed by atoms with Crippen molar-refractivity contribution in [2.45, 2.75) is 52.9 Å². The third-order valence-corrected chi connectivity index (χ3v) is 3.29. The van der Waals surface area contributed by atoms with E-state index < -0.39 is 11.3 Å². The summed E-state index contributed by atoms with van der Waals surface area (Å²) in [5, 5.41) is 2.66. The molecule has 1 aromatic rings. The van der Waals surface area contributed by atoms with Crippen LogP contribution in [0, 0.1) is 13.1 Å². The number of carbonyl (C=O) groups is 2. The van der Waals surface area contributed by atoms with E-state index in [4.69, 9.17) is 16.1 Å². The fourth-order valence-corrected chi connectivity index (χ4v) is 2.09. The first-order valence-electron chi connectivity index (χ1n) is 8.37. The Balaban J connectivity index is 0.000000488. The Morgan fingerprint density at radius 3 is 2.22 bits per heavy atom. The Morgan fingerprint density at radius 2 is 1.85 bits per heavy atom. The van der Waals surface area contributed by atoms with Crippen molar-refractivity contribution in [2.24, 2.45) is 0 Å². The Bertz CT molecular complexity index is 636. The van der Waals surface area contributed by atoms with Gasteiger partial charge < -0.3 is 19.7 Å². The molecule has 148 valence electrons. The summed E-state index contributed by atoms with van der Waals surface area (Å²) < 4.78 is 10.6. The first kappa shape index (κ1) is 25.3. The molecule has 0 unspecified atom stereocenters. The van der Waals surface area contributed by atoms with Gasteiger partial charge in [-0.3, -0.25) is 11.4 Å².